The molecule has 1 atom stereocenters. The Balaban J connectivity index is 1.44. The number of carbonyl (C=O) groups excluding carboxylic acids is 1. The van der Waals surface area contributed by atoms with Gasteiger partial charge in [-0.15, -0.1) is 0 Å². The van der Waals surface area contributed by atoms with Crippen LogP contribution in [0.25, 0.3) is 10.8 Å². The van der Waals surface area contributed by atoms with Crippen LogP contribution in [0, 0.1) is 5.92 Å². The second-order valence-electron chi connectivity index (χ2n) is 9.10. The van der Waals surface area contributed by atoms with E-state index in [4.69, 9.17) is 4.74 Å². The van der Waals surface area contributed by atoms with Crippen molar-refractivity contribution >= 4 is 38.1 Å². The van der Waals surface area contributed by atoms with Crippen LogP contribution in [0.3, 0.4) is 0 Å². The highest BCUT2D eigenvalue weighted by Gasteiger charge is 2.30. The van der Waals surface area contributed by atoms with Crippen molar-refractivity contribution in [1.82, 2.24) is 0 Å². The summed E-state index contributed by atoms with van der Waals surface area (Å²) in [5.41, 5.74) is 3.95. The molecule has 0 bridgehead atoms. The third-order valence-electron chi connectivity index (χ3n) is 6.92. The number of hydrogen-bond acceptors (Lipinski definition) is 5. The number of nitrogens with one attached hydrogen (secondary N) is 1. The Morgan fingerprint density at radius 3 is 2.59 bits per heavy atom. The topological polar surface area (TPSA) is 75.7 Å². The van der Waals surface area contributed by atoms with Gasteiger partial charge in [0, 0.05) is 29.5 Å². The third kappa shape index (κ3) is 4.37. The van der Waals surface area contributed by atoms with Crippen molar-refractivity contribution in [1.29, 1.82) is 0 Å². The molecule has 6 nitrogen and oxygen atoms in total. The lowest BCUT2D eigenvalue weighted by atomic mass is 9.92. The minimum Gasteiger partial charge on any atom is -0.466 e. The second kappa shape index (κ2) is 9.29. The number of fused-ring (bicyclic) bond motifs is 2. The molecule has 5 rings (SSSR count). The molecule has 3 aromatic carbocycles. The molecule has 0 aromatic heterocycles. The predicted octanol–water partition coefficient (Wildman–Crippen LogP) is 4.91. The van der Waals surface area contributed by atoms with Gasteiger partial charge in [0.2, 0.25) is 0 Å². The van der Waals surface area contributed by atoms with Gasteiger partial charge in [-0.1, -0.05) is 30.3 Å². The lowest BCUT2D eigenvalue weighted by Gasteiger charge is -2.22. The molecule has 3 aromatic rings. The molecule has 178 valence electrons. The molecule has 0 radical (unpaired) electrons. The Hall–Kier alpha value is -3.06. The zero-order valence-electron chi connectivity index (χ0n) is 19.4. The lowest BCUT2D eigenvalue weighted by molar-refractivity contribution is -0.147. The molecule has 1 heterocycles. The van der Waals surface area contributed by atoms with Crippen molar-refractivity contribution in [3.63, 3.8) is 0 Å². The van der Waals surface area contributed by atoms with Crippen LogP contribution < -0.4 is 9.62 Å². The second-order valence-corrected chi connectivity index (χ2v) is 10.8. The highest BCUT2D eigenvalue weighted by Crippen LogP contribution is 2.36. The molecule has 1 N–H and O–H groups in total. The molecular weight excluding hydrogens is 448 g/mol. The summed E-state index contributed by atoms with van der Waals surface area (Å²) in [6.45, 7) is 3.57. The Labute approximate surface area is 201 Å². The van der Waals surface area contributed by atoms with Crippen LogP contribution in [0.1, 0.15) is 37.3 Å². The zero-order chi connectivity index (χ0) is 23.7. The van der Waals surface area contributed by atoms with Crippen molar-refractivity contribution in [2.75, 3.05) is 29.3 Å². The van der Waals surface area contributed by atoms with Gasteiger partial charge in [0.1, 0.15) is 0 Å². The number of carbonyl (C=O) groups is 1. The average molecular weight is 479 g/mol. The van der Waals surface area contributed by atoms with E-state index >= 15 is 0 Å². The van der Waals surface area contributed by atoms with Gasteiger partial charge in [-0.05, 0) is 74.4 Å². The number of aryl methyl sites for hydroxylation is 2. The average Bonchev–Trinajstić information content (AvgIpc) is 3.34. The fourth-order valence-electron chi connectivity index (χ4n) is 5.16. The lowest BCUT2D eigenvalue weighted by Crippen LogP contribution is -2.24. The molecular formula is C27H30N2O4S. The van der Waals surface area contributed by atoms with E-state index < -0.39 is 10.0 Å². The molecule has 1 saturated heterocycles. The third-order valence-corrected chi connectivity index (χ3v) is 8.29. The summed E-state index contributed by atoms with van der Waals surface area (Å²) >= 11 is 0. The molecule has 2 aliphatic rings. The molecule has 34 heavy (non-hydrogen) atoms. The quantitative estimate of drug-likeness (QED) is 0.510. The van der Waals surface area contributed by atoms with E-state index in [1.165, 1.54) is 5.56 Å². The Morgan fingerprint density at radius 2 is 1.79 bits per heavy atom. The molecule has 1 aliphatic carbocycles. The van der Waals surface area contributed by atoms with E-state index in [9.17, 15) is 13.2 Å². The Morgan fingerprint density at radius 1 is 1.03 bits per heavy atom. The molecule has 1 aliphatic heterocycles. The van der Waals surface area contributed by atoms with Gasteiger partial charge >= 0.3 is 5.97 Å². The smallest absolute Gasteiger partial charge is 0.310 e. The molecule has 0 saturated carbocycles. The van der Waals surface area contributed by atoms with Gasteiger partial charge in [-0.2, -0.15) is 0 Å². The van der Waals surface area contributed by atoms with E-state index in [0.717, 1.165) is 60.7 Å². The first-order valence-electron chi connectivity index (χ1n) is 12.0. The highest BCUT2D eigenvalue weighted by atomic mass is 32.2. The van der Waals surface area contributed by atoms with Gasteiger partial charge in [-0.3, -0.25) is 9.52 Å². The standard InChI is InChI=1S/C27H30N2O4S/c1-2-33-27(30)21-15-16-29(18-21)26-14-13-25(23-9-5-6-10-24(23)26)28-34(31,32)22-12-11-19-7-3-4-8-20(19)17-22/h5-6,9-14,17,21,28H,2-4,7-8,15-16,18H2,1H3/t21-/m1/s1. The maximum absolute atomic E-state index is 13.3. The summed E-state index contributed by atoms with van der Waals surface area (Å²) in [6.07, 6.45) is 4.96. The van der Waals surface area contributed by atoms with Crippen molar-refractivity contribution < 1.29 is 17.9 Å². The van der Waals surface area contributed by atoms with E-state index in [0.29, 0.717) is 23.7 Å². The van der Waals surface area contributed by atoms with E-state index in [1.807, 2.05) is 55.5 Å². The van der Waals surface area contributed by atoms with Gasteiger partial charge in [0.05, 0.1) is 23.1 Å². The summed E-state index contributed by atoms with van der Waals surface area (Å²) in [5, 5.41) is 1.79. The van der Waals surface area contributed by atoms with E-state index in [1.54, 1.807) is 6.07 Å². The molecule has 1 fully saturated rings. The monoisotopic (exact) mass is 478 g/mol. The van der Waals surface area contributed by atoms with Crippen LogP contribution in [-0.2, 0) is 32.4 Å². The minimum atomic E-state index is -3.72. The summed E-state index contributed by atoms with van der Waals surface area (Å²) in [7, 11) is -3.72. The van der Waals surface area contributed by atoms with Crippen molar-refractivity contribution in [2.24, 2.45) is 5.92 Å². The molecule has 7 heteroatoms. The molecule has 0 spiro atoms. The largest absolute Gasteiger partial charge is 0.466 e. The summed E-state index contributed by atoms with van der Waals surface area (Å²) in [5.74, 6) is -0.287. The number of hydrogen-bond donors (Lipinski definition) is 1. The normalized spacial score (nSPS) is 18.0. The number of ether oxygens (including phenoxy) is 1. The fraction of sp³-hybridized carbons (Fsp3) is 0.370. The first-order chi connectivity index (χ1) is 16.5. The first kappa shape index (κ1) is 22.7. The number of sulfonamides is 1. The van der Waals surface area contributed by atoms with Crippen LogP contribution in [0.4, 0.5) is 11.4 Å². The van der Waals surface area contributed by atoms with Crippen LogP contribution in [-0.4, -0.2) is 34.1 Å². The molecule has 0 unspecified atom stereocenters. The van der Waals surface area contributed by atoms with E-state index in [-0.39, 0.29) is 11.9 Å². The van der Waals surface area contributed by atoms with E-state index in [2.05, 4.69) is 9.62 Å². The fourth-order valence-corrected chi connectivity index (χ4v) is 6.29. The number of anilines is 2. The predicted molar refractivity (Wildman–Crippen MR) is 135 cm³/mol. The summed E-state index contributed by atoms with van der Waals surface area (Å²) in [4.78, 5) is 14.7. The zero-order valence-corrected chi connectivity index (χ0v) is 20.2. The number of benzene rings is 3. The summed E-state index contributed by atoms with van der Waals surface area (Å²) < 4.78 is 34.6. The van der Waals surface area contributed by atoms with Crippen LogP contribution in [0.5, 0.6) is 0 Å². The van der Waals surface area contributed by atoms with Crippen molar-refractivity contribution in [3.8, 4) is 0 Å². The van der Waals surface area contributed by atoms with Crippen molar-refractivity contribution in [3.05, 3.63) is 65.7 Å². The van der Waals surface area contributed by atoms with Gasteiger partial charge < -0.3 is 9.64 Å². The number of rotatable bonds is 6. The van der Waals surface area contributed by atoms with Gasteiger partial charge in [-0.25, -0.2) is 8.42 Å². The Bertz CT molecular complexity index is 1340. The summed E-state index contributed by atoms with van der Waals surface area (Å²) in [6, 6.07) is 17.1. The number of esters is 1. The van der Waals surface area contributed by atoms with Gasteiger partial charge in [0.25, 0.3) is 10.0 Å². The van der Waals surface area contributed by atoms with Crippen LogP contribution in [0.2, 0.25) is 0 Å². The van der Waals surface area contributed by atoms with Crippen molar-refractivity contribution in [2.45, 2.75) is 43.9 Å². The van der Waals surface area contributed by atoms with Gasteiger partial charge in [0.15, 0.2) is 0 Å². The Kier molecular flexibility index (Phi) is 6.21. The first-order valence-corrected chi connectivity index (χ1v) is 13.5. The number of nitrogens with zero attached hydrogens (tertiary/aromatic N) is 1. The van der Waals surface area contributed by atoms with Crippen LogP contribution >= 0.6 is 0 Å². The SMILES string of the molecule is CCOC(=O)[C@@H]1CCN(c2ccc(NS(=O)(=O)c3ccc4c(c3)CCCC4)c3ccccc23)C1. The maximum Gasteiger partial charge on any atom is 0.310 e. The van der Waals surface area contributed by atoms with Crippen LogP contribution in [0.15, 0.2) is 59.5 Å². The highest BCUT2D eigenvalue weighted by molar-refractivity contribution is 7.92. The molecule has 0 amide bonds. The maximum atomic E-state index is 13.3. The minimum absolute atomic E-state index is 0.138.